The minimum absolute atomic E-state index is 0.0330. The zero-order valence-corrected chi connectivity index (χ0v) is 34.2. The predicted octanol–water partition coefficient (Wildman–Crippen LogP) is 12.3. The molecule has 302 valence electrons. The van der Waals surface area contributed by atoms with Crippen molar-refractivity contribution in [3.05, 3.63) is 48.6 Å². The summed E-state index contributed by atoms with van der Waals surface area (Å²) in [6.07, 6.45) is 46.1. The first-order valence-corrected chi connectivity index (χ1v) is 21.9. The lowest BCUT2D eigenvalue weighted by atomic mass is 10.0. The fraction of sp³-hybridized carbons (Fsp3) is 0.783. The van der Waals surface area contributed by atoms with Gasteiger partial charge >= 0.3 is 5.97 Å². The molecule has 0 saturated carbocycles. The summed E-state index contributed by atoms with van der Waals surface area (Å²) in [5, 5.41) is 23.5. The zero-order chi connectivity index (χ0) is 38.2. The van der Waals surface area contributed by atoms with Crippen molar-refractivity contribution in [3.63, 3.8) is 0 Å². The molecule has 52 heavy (non-hydrogen) atoms. The van der Waals surface area contributed by atoms with Gasteiger partial charge in [0.2, 0.25) is 5.91 Å². The number of hydrogen-bond donors (Lipinski definition) is 3. The lowest BCUT2D eigenvalue weighted by Gasteiger charge is -2.24. The molecule has 0 spiro atoms. The highest BCUT2D eigenvalue weighted by atomic mass is 16.5. The number of rotatable bonds is 38. The molecule has 0 aromatic carbocycles. The molecule has 6 nitrogen and oxygen atoms in total. The van der Waals surface area contributed by atoms with Crippen LogP contribution in [0.2, 0.25) is 0 Å². The summed E-state index contributed by atoms with van der Waals surface area (Å²) in [6, 6.07) is -0.718. The molecule has 3 atom stereocenters. The fourth-order valence-corrected chi connectivity index (χ4v) is 6.45. The molecule has 0 aliphatic rings. The van der Waals surface area contributed by atoms with Gasteiger partial charge in [0.1, 0.15) is 6.10 Å². The molecule has 0 fully saturated rings. The van der Waals surface area contributed by atoms with Crippen molar-refractivity contribution in [1.29, 1.82) is 0 Å². The number of aliphatic hydroxyl groups excluding tert-OH is 2. The van der Waals surface area contributed by atoms with E-state index in [1.807, 2.05) is 36.5 Å². The van der Waals surface area contributed by atoms with Crippen LogP contribution in [0.15, 0.2) is 48.6 Å². The quantitative estimate of drug-likeness (QED) is 0.0334. The van der Waals surface area contributed by atoms with Gasteiger partial charge in [-0.2, -0.15) is 0 Å². The lowest BCUT2D eigenvalue weighted by Crippen LogP contribution is -2.46. The van der Waals surface area contributed by atoms with Crippen molar-refractivity contribution in [2.45, 2.75) is 225 Å². The summed E-state index contributed by atoms with van der Waals surface area (Å²) in [4.78, 5) is 25.9. The van der Waals surface area contributed by atoms with Crippen LogP contribution < -0.4 is 5.32 Å². The highest BCUT2D eigenvalue weighted by Gasteiger charge is 2.24. The Kier molecular flexibility index (Phi) is 38.3. The smallest absolute Gasteiger partial charge is 0.306 e. The first-order chi connectivity index (χ1) is 25.5. The summed E-state index contributed by atoms with van der Waals surface area (Å²) in [7, 11) is 0. The second kappa shape index (κ2) is 40.0. The molecule has 0 aliphatic carbocycles. The molecule has 0 aromatic heterocycles. The lowest BCUT2D eigenvalue weighted by molar-refractivity contribution is -0.151. The van der Waals surface area contributed by atoms with Crippen LogP contribution >= 0.6 is 0 Å². The molecule has 1 amide bonds. The van der Waals surface area contributed by atoms with Gasteiger partial charge in [0, 0.05) is 6.42 Å². The molecule has 6 heteroatoms. The van der Waals surface area contributed by atoms with Crippen LogP contribution in [0.25, 0.3) is 0 Å². The Hall–Kier alpha value is -2.18. The molecule has 0 heterocycles. The Morgan fingerprint density at radius 3 is 1.54 bits per heavy atom. The van der Waals surface area contributed by atoms with Crippen LogP contribution in [0, 0.1) is 0 Å². The molecule has 0 bridgehead atoms. The summed E-state index contributed by atoms with van der Waals surface area (Å²) >= 11 is 0. The van der Waals surface area contributed by atoms with E-state index in [0.717, 1.165) is 57.8 Å². The molecule has 3 unspecified atom stereocenters. The van der Waals surface area contributed by atoms with E-state index in [4.69, 9.17) is 4.74 Å². The van der Waals surface area contributed by atoms with Gasteiger partial charge in [-0.05, 0) is 38.5 Å². The normalized spacial score (nSPS) is 13.9. The molecule has 0 radical (unpaired) electrons. The third-order valence-corrected chi connectivity index (χ3v) is 9.77. The Morgan fingerprint density at radius 1 is 0.577 bits per heavy atom. The standard InChI is InChI=1S/C46H83NO5/c1-4-7-10-13-16-19-21-22-24-27-30-33-36-39-46(51)52-42(37-34-31-28-26-23-20-17-14-11-8-5-2)40-45(50)47-43(41-48)44(49)38-35-32-29-25-18-15-12-9-6-3/h8,11,14,17,20,23,26,28,42-44,48-49H,4-7,9-10,12-13,15-16,18-19,21-22,24-25,27,29-41H2,1-3H3,(H,47,50)/b11-8+,17-14+,23-20-,28-26-. The molecule has 0 aliphatic heterocycles. The number of allylic oxidation sites excluding steroid dienone is 8. The van der Waals surface area contributed by atoms with Crippen LogP contribution in [-0.2, 0) is 14.3 Å². The Balaban J connectivity index is 4.67. The van der Waals surface area contributed by atoms with Gasteiger partial charge in [-0.3, -0.25) is 9.59 Å². The number of esters is 1. The van der Waals surface area contributed by atoms with Gasteiger partial charge in [-0.1, -0.05) is 204 Å². The minimum atomic E-state index is -0.800. The SMILES string of the molecule is CC/C=C/C=C/C=C\C=C/CCCC(CC(=O)NC(CO)C(O)CCCCCCCCCCC)OC(=O)CCCCCCCCCCCCCCC. The Morgan fingerprint density at radius 2 is 1.04 bits per heavy atom. The third kappa shape index (κ3) is 34.9. The number of ether oxygens (including phenoxy) is 1. The second-order valence-electron chi connectivity index (χ2n) is 14.8. The van der Waals surface area contributed by atoms with Crippen molar-refractivity contribution in [1.82, 2.24) is 5.32 Å². The van der Waals surface area contributed by atoms with E-state index in [0.29, 0.717) is 19.3 Å². The van der Waals surface area contributed by atoms with E-state index >= 15 is 0 Å². The number of aliphatic hydroxyl groups is 2. The van der Waals surface area contributed by atoms with E-state index in [1.165, 1.54) is 103 Å². The van der Waals surface area contributed by atoms with Gasteiger partial charge in [0.05, 0.1) is 25.2 Å². The van der Waals surface area contributed by atoms with E-state index in [1.54, 1.807) is 0 Å². The number of amides is 1. The van der Waals surface area contributed by atoms with Crippen molar-refractivity contribution in [2.75, 3.05) is 6.61 Å². The molecular formula is C46H83NO5. The molecule has 0 aromatic rings. The highest BCUT2D eigenvalue weighted by molar-refractivity contribution is 5.77. The summed E-state index contributed by atoms with van der Waals surface area (Å²) < 4.78 is 5.85. The number of hydrogen-bond acceptors (Lipinski definition) is 5. The van der Waals surface area contributed by atoms with Crippen LogP contribution in [0.3, 0.4) is 0 Å². The number of nitrogens with one attached hydrogen (secondary N) is 1. The molecule has 3 N–H and O–H groups in total. The Bertz CT molecular complexity index is 910. The van der Waals surface area contributed by atoms with Crippen molar-refractivity contribution in [2.24, 2.45) is 0 Å². The number of carbonyl (C=O) groups excluding carboxylic acids is 2. The summed E-state index contributed by atoms with van der Waals surface area (Å²) in [5.41, 5.74) is 0. The van der Waals surface area contributed by atoms with Crippen LogP contribution in [-0.4, -0.2) is 46.9 Å². The minimum Gasteiger partial charge on any atom is -0.462 e. The van der Waals surface area contributed by atoms with E-state index in [2.05, 4.69) is 38.2 Å². The van der Waals surface area contributed by atoms with Gasteiger partial charge < -0.3 is 20.3 Å². The third-order valence-electron chi connectivity index (χ3n) is 9.77. The maximum absolute atomic E-state index is 13.1. The van der Waals surface area contributed by atoms with Gasteiger partial charge in [-0.15, -0.1) is 0 Å². The first kappa shape index (κ1) is 49.8. The monoisotopic (exact) mass is 730 g/mol. The van der Waals surface area contributed by atoms with E-state index in [-0.39, 0.29) is 24.9 Å². The van der Waals surface area contributed by atoms with Crippen molar-refractivity contribution in [3.8, 4) is 0 Å². The predicted molar refractivity (Wildman–Crippen MR) is 222 cm³/mol. The molecular weight excluding hydrogens is 647 g/mol. The highest BCUT2D eigenvalue weighted by Crippen LogP contribution is 2.17. The first-order valence-electron chi connectivity index (χ1n) is 21.9. The van der Waals surface area contributed by atoms with Crippen LogP contribution in [0.5, 0.6) is 0 Å². The summed E-state index contributed by atoms with van der Waals surface area (Å²) in [5.74, 6) is -0.543. The molecule has 0 saturated heterocycles. The molecule has 0 rings (SSSR count). The largest absolute Gasteiger partial charge is 0.462 e. The van der Waals surface area contributed by atoms with E-state index in [9.17, 15) is 19.8 Å². The fourth-order valence-electron chi connectivity index (χ4n) is 6.45. The maximum atomic E-state index is 13.1. The number of carbonyl (C=O) groups is 2. The van der Waals surface area contributed by atoms with Crippen molar-refractivity contribution < 1.29 is 24.5 Å². The zero-order valence-electron chi connectivity index (χ0n) is 34.2. The van der Waals surface area contributed by atoms with Gasteiger partial charge in [0.15, 0.2) is 0 Å². The number of unbranched alkanes of at least 4 members (excludes halogenated alkanes) is 21. The average Bonchev–Trinajstić information content (AvgIpc) is 3.13. The van der Waals surface area contributed by atoms with Crippen LogP contribution in [0.1, 0.15) is 207 Å². The second-order valence-corrected chi connectivity index (χ2v) is 14.8. The van der Waals surface area contributed by atoms with E-state index < -0.39 is 18.2 Å². The topological polar surface area (TPSA) is 95.9 Å². The maximum Gasteiger partial charge on any atom is 0.306 e. The average molecular weight is 730 g/mol. The Labute approximate surface area is 321 Å². The van der Waals surface area contributed by atoms with Crippen molar-refractivity contribution >= 4 is 11.9 Å². The van der Waals surface area contributed by atoms with Gasteiger partial charge in [0.25, 0.3) is 0 Å². The van der Waals surface area contributed by atoms with Gasteiger partial charge in [-0.25, -0.2) is 0 Å². The van der Waals surface area contributed by atoms with Crippen LogP contribution in [0.4, 0.5) is 0 Å². The summed E-state index contributed by atoms with van der Waals surface area (Å²) in [6.45, 7) is 6.28.